The average Bonchev–Trinajstić information content (AvgIpc) is 2.46. The van der Waals surface area contributed by atoms with Gasteiger partial charge in [-0.1, -0.05) is 0 Å². The van der Waals surface area contributed by atoms with Gasteiger partial charge in [-0.05, 0) is 19.3 Å². The van der Waals surface area contributed by atoms with Crippen LogP contribution in [-0.4, -0.2) is 15.6 Å². The molecule has 1 unspecified atom stereocenters. The highest BCUT2D eigenvalue weighted by molar-refractivity contribution is 5.94. The van der Waals surface area contributed by atoms with E-state index in [1.165, 1.54) is 6.92 Å². The molecule has 76 valence electrons. The van der Waals surface area contributed by atoms with Crippen molar-refractivity contribution >= 4 is 5.78 Å². The summed E-state index contributed by atoms with van der Waals surface area (Å²) < 4.78 is 15.2. The zero-order valence-corrected chi connectivity index (χ0v) is 8.38. The van der Waals surface area contributed by atoms with Gasteiger partial charge >= 0.3 is 0 Å². The number of fused-ring (bicyclic) bond motifs is 1. The fourth-order valence-electron chi connectivity index (χ4n) is 2.05. The number of carbonyl (C=O) groups is 1. The molecular weight excluding hydrogens is 183 g/mol. The molecule has 2 rings (SSSR count). The second-order valence-corrected chi connectivity index (χ2v) is 3.75. The van der Waals surface area contributed by atoms with Crippen molar-refractivity contribution in [1.29, 1.82) is 0 Å². The lowest BCUT2D eigenvalue weighted by Crippen LogP contribution is -2.09. The van der Waals surface area contributed by atoms with E-state index in [0.717, 1.165) is 18.5 Å². The molecule has 1 aliphatic carbocycles. The lowest BCUT2D eigenvalue weighted by atomic mass is 9.93. The summed E-state index contributed by atoms with van der Waals surface area (Å²) in [6, 6.07) is 0. The number of ketones is 1. The van der Waals surface area contributed by atoms with Gasteiger partial charge in [0.05, 0.1) is 0 Å². The normalized spacial score (nSPS) is 20.6. The number of Topliss-reactive ketones (excluding diaryl/α,β-unsaturated/α-hetero) is 1. The van der Waals surface area contributed by atoms with E-state index in [4.69, 9.17) is 0 Å². The van der Waals surface area contributed by atoms with Crippen LogP contribution < -0.4 is 0 Å². The summed E-state index contributed by atoms with van der Waals surface area (Å²) in [5.41, 5.74) is 1.73. The van der Waals surface area contributed by atoms with Gasteiger partial charge in [-0.2, -0.15) is 5.10 Å². The molecule has 0 spiro atoms. The van der Waals surface area contributed by atoms with Crippen LogP contribution in [0.3, 0.4) is 0 Å². The van der Waals surface area contributed by atoms with Gasteiger partial charge in [-0.3, -0.25) is 9.48 Å². The summed E-state index contributed by atoms with van der Waals surface area (Å²) in [4.78, 5) is 11.2. The second kappa shape index (κ2) is 3.19. The Morgan fingerprint density at radius 3 is 3.00 bits per heavy atom. The molecule has 1 aromatic heterocycles. The molecule has 0 amide bonds. The number of aryl methyl sites for hydroxylation is 1. The molecule has 1 aromatic rings. The first-order valence-corrected chi connectivity index (χ1v) is 4.82. The van der Waals surface area contributed by atoms with Crippen LogP contribution in [0.25, 0.3) is 0 Å². The Hall–Kier alpha value is -1.19. The predicted octanol–water partition coefficient (Wildman–Crippen LogP) is 1.97. The third-order valence-corrected chi connectivity index (χ3v) is 2.72. The first kappa shape index (κ1) is 9.37. The molecule has 0 aromatic carbocycles. The number of nitrogens with zero attached hydrogens (tertiary/aromatic N) is 2. The number of rotatable bonds is 1. The number of hydrogen-bond donors (Lipinski definition) is 0. The zero-order chi connectivity index (χ0) is 10.3. The molecule has 0 N–H and O–H groups in total. The van der Waals surface area contributed by atoms with Gasteiger partial charge < -0.3 is 0 Å². The first-order chi connectivity index (χ1) is 6.61. The largest absolute Gasteiger partial charge is 0.293 e. The molecule has 3 nitrogen and oxygen atoms in total. The molecule has 14 heavy (non-hydrogen) atoms. The van der Waals surface area contributed by atoms with Crippen LogP contribution in [0, 0.1) is 0 Å². The van der Waals surface area contributed by atoms with Crippen molar-refractivity contribution in [3.05, 3.63) is 17.0 Å². The van der Waals surface area contributed by atoms with Gasteiger partial charge in [0, 0.05) is 25.2 Å². The molecule has 0 saturated carbocycles. The highest BCUT2D eigenvalue weighted by Crippen LogP contribution is 2.34. The second-order valence-electron chi connectivity index (χ2n) is 3.75. The highest BCUT2D eigenvalue weighted by atomic mass is 19.1. The van der Waals surface area contributed by atoms with Crippen LogP contribution in [0.4, 0.5) is 4.39 Å². The van der Waals surface area contributed by atoms with E-state index in [9.17, 15) is 9.18 Å². The van der Waals surface area contributed by atoms with E-state index in [2.05, 4.69) is 5.10 Å². The smallest absolute Gasteiger partial charge is 0.180 e. The SMILES string of the molecule is CC(=O)c1nn(C)c2c1C(F)CCC2. The molecule has 0 bridgehead atoms. The van der Waals surface area contributed by atoms with Crippen LogP contribution >= 0.6 is 0 Å². The van der Waals surface area contributed by atoms with Crippen LogP contribution in [0.5, 0.6) is 0 Å². The monoisotopic (exact) mass is 196 g/mol. The third-order valence-electron chi connectivity index (χ3n) is 2.72. The topological polar surface area (TPSA) is 34.9 Å². The number of alkyl halides is 1. The first-order valence-electron chi connectivity index (χ1n) is 4.82. The molecular formula is C10H13FN2O. The van der Waals surface area contributed by atoms with E-state index in [0.29, 0.717) is 17.7 Å². The summed E-state index contributed by atoms with van der Waals surface area (Å²) in [5, 5.41) is 4.07. The summed E-state index contributed by atoms with van der Waals surface area (Å²) in [5.74, 6) is -0.147. The molecule has 1 heterocycles. The quantitative estimate of drug-likeness (QED) is 0.643. The van der Waals surface area contributed by atoms with Gasteiger partial charge in [-0.25, -0.2) is 4.39 Å². The Morgan fingerprint density at radius 1 is 1.64 bits per heavy atom. The predicted molar refractivity (Wildman–Crippen MR) is 50.0 cm³/mol. The summed E-state index contributed by atoms with van der Waals surface area (Å²) in [6.07, 6.45) is 1.17. The minimum Gasteiger partial charge on any atom is -0.293 e. The van der Waals surface area contributed by atoms with Crippen LogP contribution in [0.15, 0.2) is 0 Å². The summed E-state index contributed by atoms with van der Waals surface area (Å²) >= 11 is 0. The van der Waals surface area contributed by atoms with Crippen molar-refractivity contribution in [2.24, 2.45) is 7.05 Å². The maximum absolute atomic E-state index is 13.6. The Kier molecular flexibility index (Phi) is 2.13. The Labute approximate surface area is 81.9 Å². The minimum absolute atomic E-state index is 0.147. The molecule has 0 aliphatic heterocycles. The number of carbonyl (C=O) groups excluding carboxylic acids is 1. The average molecular weight is 196 g/mol. The summed E-state index contributed by atoms with van der Waals surface area (Å²) in [6.45, 7) is 1.43. The fourth-order valence-corrected chi connectivity index (χ4v) is 2.05. The van der Waals surface area contributed by atoms with Crippen molar-refractivity contribution < 1.29 is 9.18 Å². The lowest BCUT2D eigenvalue weighted by Gasteiger charge is -2.16. The molecule has 0 fully saturated rings. The van der Waals surface area contributed by atoms with Gasteiger partial charge in [0.2, 0.25) is 0 Å². The Balaban J connectivity index is 2.59. The number of aromatic nitrogens is 2. The number of hydrogen-bond acceptors (Lipinski definition) is 2. The van der Waals surface area contributed by atoms with Gasteiger partial charge in [0.15, 0.2) is 5.78 Å². The van der Waals surface area contributed by atoms with Crippen LogP contribution in [0.2, 0.25) is 0 Å². The minimum atomic E-state index is -1.01. The highest BCUT2D eigenvalue weighted by Gasteiger charge is 2.28. The Morgan fingerprint density at radius 2 is 2.36 bits per heavy atom. The molecule has 4 heteroatoms. The molecule has 0 saturated heterocycles. The van der Waals surface area contributed by atoms with E-state index < -0.39 is 6.17 Å². The van der Waals surface area contributed by atoms with Gasteiger partial charge in [0.25, 0.3) is 0 Å². The van der Waals surface area contributed by atoms with Gasteiger partial charge in [0.1, 0.15) is 11.9 Å². The molecule has 1 aliphatic rings. The maximum atomic E-state index is 13.6. The zero-order valence-electron chi connectivity index (χ0n) is 8.38. The summed E-state index contributed by atoms with van der Waals surface area (Å²) in [7, 11) is 1.77. The third kappa shape index (κ3) is 1.25. The lowest BCUT2D eigenvalue weighted by molar-refractivity contribution is 0.100. The van der Waals surface area contributed by atoms with Crippen molar-refractivity contribution in [2.45, 2.75) is 32.4 Å². The van der Waals surface area contributed by atoms with E-state index in [1.54, 1.807) is 11.7 Å². The van der Waals surface area contributed by atoms with Crippen molar-refractivity contribution in [3.8, 4) is 0 Å². The Bertz CT molecular complexity index is 384. The van der Waals surface area contributed by atoms with E-state index >= 15 is 0 Å². The van der Waals surface area contributed by atoms with Crippen molar-refractivity contribution in [2.75, 3.05) is 0 Å². The molecule has 1 atom stereocenters. The van der Waals surface area contributed by atoms with E-state index in [-0.39, 0.29) is 5.78 Å². The van der Waals surface area contributed by atoms with Crippen molar-refractivity contribution in [3.63, 3.8) is 0 Å². The molecule has 0 radical (unpaired) electrons. The maximum Gasteiger partial charge on any atom is 0.180 e. The van der Waals surface area contributed by atoms with Crippen LogP contribution in [0.1, 0.15) is 47.7 Å². The standard InChI is InChI=1S/C10H13FN2O/c1-6(14)10-9-7(11)4-3-5-8(9)13(2)12-10/h7H,3-5H2,1-2H3. The van der Waals surface area contributed by atoms with Crippen LogP contribution in [-0.2, 0) is 13.5 Å². The van der Waals surface area contributed by atoms with Crippen molar-refractivity contribution in [1.82, 2.24) is 9.78 Å². The fraction of sp³-hybridized carbons (Fsp3) is 0.600. The number of halogens is 1. The van der Waals surface area contributed by atoms with Gasteiger partial charge in [-0.15, -0.1) is 0 Å². The van der Waals surface area contributed by atoms with E-state index in [1.807, 2.05) is 0 Å².